The zero-order valence-corrected chi connectivity index (χ0v) is 13.1. The molecule has 21 heavy (non-hydrogen) atoms. The molecule has 1 aliphatic rings. The lowest BCUT2D eigenvalue weighted by atomic mass is 9.76. The highest BCUT2D eigenvalue weighted by molar-refractivity contribution is 6.62. The van der Waals surface area contributed by atoms with Gasteiger partial charge in [-0.25, -0.2) is 4.98 Å². The lowest BCUT2D eigenvalue weighted by molar-refractivity contribution is -0.140. The third-order valence-electron chi connectivity index (χ3n) is 4.27. The molecule has 0 atom stereocenters. The lowest BCUT2D eigenvalue weighted by Gasteiger charge is -2.32. The molecule has 0 unspecified atom stereocenters. The molecule has 2 rings (SSSR count). The first-order valence-corrected chi connectivity index (χ1v) is 6.76. The van der Waals surface area contributed by atoms with Gasteiger partial charge in [-0.15, -0.1) is 0 Å². The van der Waals surface area contributed by atoms with E-state index in [1.807, 2.05) is 0 Å². The maximum Gasteiger partial charge on any atom is 0.497 e. The van der Waals surface area contributed by atoms with E-state index in [1.165, 1.54) is 6.07 Å². The fourth-order valence-corrected chi connectivity index (χ4v) is 2.10. The Balaban J connectivity index is 2.53. The largest absolute Gasteiger partial charge is 0.497 e. The first-order valence-electron chi connectivity index (χ1n) is 6.76. The number of nitrogens with zero attached hydrogens (tertiary/aromatic N) is 1. The molecule has 0 N–H and O–H groups in total. The molecule has 0 amide bonds. The predicted octanol–water partition coefficient (Wildman–Crippen LogP) is 3.02. The smallest absolute Gasteiger partial charge is 0.399 e. The second kappa shape index (κ2) is 4.71. The summed E-state index contributed by atoms with van der Waals surface area (Å²) in [6.45, 7) is 10.5. The molecule has 0 saturated carbocycles. The van der Waals surface area contributed by atoms with Gasteiger partial charge in [0.25, 0.3) is 0 Å². The molecule has 1 aromatic rings. The molecule has 1 aliphatic heterocycles. The first kappa shape index (κ1) is 16.3. The van der Waals surface area contributed by atoms with Crippen molar-refractivity contribution < 1.29 is 22.5 Å². The summed E-state index contributed by atoms with van der Waals surface area (Å²) in [7, 11) is -1.07. The summed E-state index contributed by atoms with van der Waals surface area (Å²) >= 11 is 0. The highest BCUT2D eigenvalue weighted by Gasteiger charge is 2.54. The summed E-state index contributed by atoms with van der Waals surface area (Å²) in [5, 5.41) is 0. The van der Waals surface area contributed by atoms with Crippen LogP contribution in [0.2, 0.25) is 0 Å². The Morgan fingerprint density at radius 2 is 1.52 bits per heavy atom. The number of hydrogen-bond donors (Lipinski definition) is 0. The second-order valence-electron chi connectivity index (χ2n) is 6.41. The minimum Gasteiger partial charge on any atom is -0.399 e. The van der Waals surface area contributed by atoms with Gasteiger partial charge < -0.3 is 9.31 Å². The molecule has 7 heteroatoms. The molecule has 1 aromatic heterocycles. The monoisotopic (exact) mass is 301 g/mol. The summed E-state index contributed by atoms with van der Waals surface area (Å²) in [6, 6.07) is 1.45. The summed E-state index contributed by atoms with van der Waals surface area (Å²) in [4.78, 5) is 3.70. The number of aromatic nitrogens is 1. The van der Waals surface area contributed by atoms with E-state index in [-0.39, 0.29) is 5.46 Å². The van der Waals surface area contributed by atoms with E-state index in [9.17, 15) is 13.2 Å². The molecule has 0 spiro atoms. The van der Waals surface area contributed by atoms with Crippen molar-refractivity contribution in [3.05, 3.63) is 23.0 Å². The van der Waals surface area contributed by atoms with E-state index in [1.54, 1.807) is 41.5 Å². The van der Waals surface area contributed by atoms with Crippen LogP contribution >= 0.6 is 0 Å². The predicted molar refractivity (Wildman–Crippen MR) is 74.4 cm³/mol. The zero-order chi connectivity index (χ0) is 16.2. The molecular formula is C14H19BF3NO2. The minimum atomic E-state index is -4.54. The molecule has 0 radical (unpaired) electrons. The molecule has 0 aliphatic carbocycles. The van der Waals surface area contributed by atoms with Crippen molar-refractivity contribution in [2.24, 2.45) is 0 Å². The molecule has 0 aromatic carbocycles. The van der Waals surface area contributed by atoms with Crippen LogP contribution in [-0.2, 0) is 15.5 Å². The van der Waals surface area contributed by atoms with Gasteiger partial charge >= 0.3 is 13.3 Å². The van der Waals surface area contributed by atoms with Crippen LogP contribution < -0.4 is 5.46 Å². The van der Waals surface area contributed by atoms with Gasteiger partial charge in [0.1, 0.15) is 5.69 Å². The molecule has 2 heterocycles. The summed E-state index contributed by atoms with van der Waals surface area (Å²) in [5.41, 5.74) is -1.37. The maximum absolute atomic E-state index is 13.2. The fraction of sp³-hybridized carbons (Fsp3) is 0.643. The van der Waals surface area contributed by atoms with Gasteiger partial charge in [0.05, 0.1) is 11.2 Å². The Labute approximate surface area is 123 Å². The zero-order valence-electron chi connectivity index (χ0n) is 13.1. The van der Waals surface area contributed by atoms with E-state index < -0.39 is 30.2 Å². The van der Waals surface area contributed by atoms with Crippen molar-refractivity contribution in [2.45, 2.75) is 58.9 Å². The minimum absolute atomic E-state index is 0.0655. The Morgan fingerprint density at radius 1 is 1.05 bits per heavy atom. The van der Waals surface area contributed by atoms with Gasteiger partial charge in [0.2, 0.25) is 0 Å². The number of aryl methyl sites for hydroxylation is 2. The van der Waals surface area contributed by atoms with E-state index >= 15 is 0 Å². The third kappa shape index (κ3) is 2.81. The van der Waals surface area contributed by atoms with Crippen LogP contribution in [0.3, 0.4) is 0 Å². The van der Waals surface area contributed by atoms with Crippen molar-refractivity contribution in [3.8, 4) is 0 Å². The molecule has 1 fully saturated rings. The highest BCUT2D eigenvalue weighted by atomic mass is 19.4. The van der Waals surface area contributed by atoms with Crippen molar-refractivity contribution in [1.29, 1.82) is 0 Å². The summed E-state index contributed by atoms with van der Waals surface area (Å²) in [6.07, 6.45) is -4.54. The summed E-state index contributed by atoms with van der Waals surface area (Å²) in [5.74, 6) is 0. The SMILES string of the molecule is Cc1cc(B2OC(C)(C)C(C)(C)O2)c(C(F)(F)F)nc1C. The molecule has 3 nitrogen and oxygen atoms in total. The lowest BCUT2D eigenvalue weighted by Crippen LogP contribution is -2.41. The van der Waals surface area contributed by atoms with Crippen LogP contribution in [0.5, 0.6) is 0 Å². The number of alkyl halides is 3. The number of halogens is 3. The van der Waals surface area contributed by atoms with Gasteiger partial charge in [-0.2, -0.15) is 13.2 Å². The van der Waals surface area contributed by atoms with Crippen LogP contribution in [0.15, 0.2) is 6.07 Å². The number of rotatable bonds is 1. The Kier molecular flexibility index (Phi) is 3.66. The Morgan fingerprint density at radius 3 is 1.95 bits per heavy atom. The van der Waals surface area contributed by atoms with E-state index in [0.717, 1.165) is 0 Å². The second-order valence-corrected chi connectivity index (χ2v) is 6.41. The van der Waals surface area contributed by atoms with Crippen molar-refractivity contribution in [1.82, 2.24) is 4.98 Å². The van der Waals surface area contributed by atoms with Gasteiger partial charge in [-0.1, -0.05) is 6.07 Å². The van der Waals surface area contributed by atoms with E-state index in [0.29, 0.717) is 11.3 Å². The van der Waals surface area contributed by atoms with Crippen molar-refractivity contribution >= 4 is 12.6 Å². The van der Waals surface area contributed by atoms with Crippen molar-refractivity contribution in [2.75, 3.05) is 0 Å². The average molecular weight is 301 g/mol. The third-order valence-corrected chi connectivity index (χ3v) is 4.27. The van der Waals surface area contributed by atoms with Crippen LogP contribution in [0, 0.1) is 13.8 Å². The Hall–Kier alpha value is -1.08. The number of hydrogen-bond acceptors (Lipinski definition) is 3. The van der Waals surface area contributed by atoms with Gasteiger partial charge in [-0.05, 0) is 47.1 Å². The summed E-state index contributed by atoms with van der Waals surface area (Å²) < 4.78 is 51.1. The molecule has 1 saturated heterocycles. The molecule has 116 valence electrons. The quantitative estimate of drug-likeness (QED) is 0.747. The van der Waals surface area contributed by atoms with Crippen LogP contribution in [0.1, 0.15) is 44.6 Å². The van der Waals surface area contributed by atoms with Crippen molar-refractivity contribution in [3.63, 3.8) is 0 Å². The van der Waals surface area contributed by atoms with E-state index in [4.69, 9.17) is 9.31 Å². The fourth-order valence-electron chi connectivity index (χ4n) is 2.10. The number of pyridine rings is 1. The molecular weight excluding hydrogens is 282 g/mol. The normalized spacial score (nSPS) is 20.9. The van der Waals surface area contributed by atoms with E-state index in [2.05, 4.69) is 4.98 Å². The maximum atomic E-state index is 13.2. The Bertz CT molecular complexity index is 554. The first-order chi connectivity index (χ1) is 9.35. The van der Waals surface area contributed by atoms with Crippen LogP contribution in [0.4, 0.5) is 13.2 Å². The highest BCUT2D eigenvalue weighted by Crippen LogP contribution is 2.38. The molecule has 0 bridgehead atoms. The van der Waals surface area contributed by atoms with Crippen LogP contribution in [0.25, 0.3) is 0 Å². The average Bonchev–Trinajstić information content (AvgIpc) is 2.50. The van der Waals surface area contributed by atoms with Gasteiger partial charge in [-0.3, -0.25) is 0 Å². The topological polar surface area (TPSA) is 31.4 Å². The van der Waals surface area contributed by atoms with Gasteiger partial charge in [0, 0.05) is 11.2 Å². The van der Waals surface area contributed by atoms with Gasteiger partial charge in [0.15, 0.2) is 0 Å². The standard InChI is InChI=1S/C14H19BF3NO2/c1-8-7-10(11(14(16,17)18)19-9(8)2)15-20-12(3,4)13(5,6)21-15/h7H,1-6H3. The van der Waals surface area contributed by atoms with Crippen LogP contribution in [-0.4, -0.2) is 23.3 Å².